The van der Waals surface area contributed by atoms with Crippen LogP contribution in [-0.2, 0) is 16.2 Å². The van der Waals surface area contributed by atoms with E-state index in [1.807, 2.05) is 6.92 Å². The third kappa shape index (κ3) is 3.75. The zero-order chi connectivity index (χ0) is 19.8. The minimum atomic E-state index is -4.63. The van der Waals surface area contributed by atoms with Crippen molar-refractivity contribution in [2.75, 3.05) is 0 Å². The Hall–Kier alpha value is -3.01. The first-order valence-corrected chi connectivity index (χ1v) is 9.04. The topological polar surface area (TPSA) is 88.2 Å². The first kappa shape index (κ1) is 18.8. The number of hydrogen-bond donors (Lipinski definition) is 1. The van der Waals surface area contributed by atoms with E-state index >= 15 is 0 Å². The molecule has 3 aromatic rings. The highest BCUT2D eigenvalue weighted by molar-refractivity contribution is 7.90. The number of aromatic nitrogens is 2. The number of hydrogen-bond acceptors (Lipinski definition) is 4. The van der Waals surface area contributed by atoms with Crippen molar-refractivity contribution in [3.8, 4) is 16.9 Å². The van der Waals surface area contributed by atoms with Crippen LogP contribution in [-0.4, -0.2) is 18.2 Å². The zero-order valence-electron chi connectivity index (χ0n) is 13.9. The second kappa shape index (κ2) is 6.62. The fourth-order valence-electron chi connectivity index (χ4n) is 2.46. The summed E-state index contributed by atoms with van der Waals surface area (Å²) in [6.45, 7) is 1.86. The van der Waals surface area contributed by atoms with Gasteiger partial charge in [0.2, 0.25) is 0 Å². The molecule has 27 heavy (non-hydrogen) atoms. The van der Waals surface area contributed by atoms with Crippen LogP contribution < -0.4 is 0 Å². The Bertz CT molecular complexity index is 1090. The lowest BCUT2D eigenvalue weighted by molar-refractivity contribution is -0.141. The highest BCUT2D eigenvalue weighted by atomic mass is 32.2. The van der Waals surface area contributed by atoms with Crippen LogP contribution >= 0.6 is 0 Å². The highest BCUT2D eigenvalue weighted by Crippen LogP contribution is 2.33. The normalized spacial score (nSPS) is 12.1. The summed E-state index contributed by atoms with van der Waals surface area (Å²) < 4.78 is 66.3. The molecule has 0 radical (unpaired) electrons. The molecule has 1 heterocycles. The third-order valence-corrected chi connectivity index (χ3v) is 4.95. The van der Waals surface area contributed by atoms with Crippen molar-refractivity contribution in [3.63, 3.8) is 0 Å². The SMILES string of the molecule is Cc1ccc(-c2cc(C(F)(F)F)nn2-c2ccc(S(=O)(=O)N=N)cc2)cc1. The second-order valence-electron chi connectivity index (χ2n) is 5.75. The van der Waals surface area contributed by atoms with E-state index in [1.54, 1.807) is 24.3 Å². The first-order valence-electron chi connectivity index (χ1n) is 7.60. The molecule has 1 aromatic heterocycles. The van der Waals surface area contributed by atoms with Crippen molar-refractivity contribution < 1.29 is 21.6 Å². The molecule has 140 valence electrons. The van der Waals surface area contributed by atoms with Gasteiger partial charge in [-0.15, -0.1) is 0 Å². The second-order valence-corrected chi connectivity index (χ2v) is 7.35. The van der Waals surface area contributed by atoms with Gasteiger partial charge in [-0.25, -0.2) is 4.68 Å². The molecular weight excluding hydrogens is 381 g/mol. The number of rotatable bonds is 4. The summed E-state index contributed by atoms with van der Waals surface area (Å²) in [7, 11) is -4.10. The molecule has 0 spiro atoms. The molecule has 0 aliphatic heterocycles. The Labute approximate surface area is 152 Å². The minimum absolute atomic E-state index is 0.211. The standard InChI is InChI=1S/C17H13F3N4O2S/c1-11-2-4-12(5-3-11)15-10-16(17(18,19)20)22-24(15)13-6-8-14(9-7-13)27(25,26)23-21/h2-10,21H,1H3. The molecule has 0 amide bonds. The molecule has 3 rings (SSSR count). The number of nitrogens with one attached hydrogen (secondary N) is 1. The molecule has 0 unspecified atom stereocenters. The van der Waals surface area contributed by atoms with E-state index in [0.717, 1.165) is 28.4 Å². The number of aryl methyl sites for hydroxylation is 1. The van der Waals surface area contributed by atoms with Gasteiger partial charge in [0.05, 0.1) is 16.3 Å². The van der Waals surface area contributed by atoms with Crippen LogP contribution in [0.25, 0.3) is 16.9 Å². The Kier molecular flexibility index (Phi) is 4.60. The van der Waals surface area contributed by atoms with Crippen molar-refractivity contribution in [2.24, 2.45) is 4.52 Å². The number of benzene rings is 2. The van der Waals surface area contributed by atoms with E-state index in [2.05, 4.69) is 9.62 Å². The van der Waals surface area contributed by atoms with Gasteiger partial charge >= 0.3 is 6.18 Å². The monoisotopic (exact) mass is 394 g/mol. The Balaban J connectivity index is 2.15. The summed E-state index contributed by atoms with van der Waals surface area (Å²) in [6, 6.07) is 12.8. The van der Waals surface area contributed by atoms with Gasteiger partial charge in [0.25, 0.3) is 10.0 Å². The molecule has 0 fully saturated rings. The first-order chi connectivity index (χ1) is 12.6. The maximum Gasteiger partial charge on any atom is 0.435 e. The quantitative estimate of drug-likeness (QED) is 0.657. The smallest absolute Gasteiger partial charge is 0.233 e. The van der Waals surface area contributed by atoms with Crippen molar-refractivity contribution in [1.29, 1.82) is 5.53 Å². The molecule has 0 bridgehead atoms. The van der Waals surface area contributed by atoms with E-state index in [0.29, 0.717) is 5.56 Å². The lowest BCUT2D eigenvalue weighted by atomic mass is 10.1. The maximum absolute atomic E-state index is 13.2. The molecule has 6 nitrogen and oxygen atoms in total. The van der Waals surface area contributed by atoms with Crippen LogP contribution in [0.2, 0.25) is 0 Å². The molecule has 2 aromatic carbocycles. The Morgan fingerprint density at radius 3 is 2.15 bits per heavy atom. The van der Waals surface area contributed by atoms with Gasteiger partial charge in [-0.05, 0) is 37.3 Å². The summed E-state index contributed by atoms with van der Waals surface area (Å²) in [5.74, 6) is 0. The number of sulfonamides is 1. The maximum atomic E-state index is 13.2. The molecule has 0 saturated carbocycles. The van der Waals surface area contributed by atoms with Crippen LogP contribution in [0.5, 0.6) is 0 Å². The van der Waals surface area contributed by atoms with Crippen LogP contribution in [0.3, 0.4) is 0 Å². The minimum Gasteiger partial charge on any atom is -0.233 e. The van der Waals surface area contributed by atoms with Crippen molar-refractivity contribution >= 4 is 10.0 Å². The molecule has 0 aliphatic carbocycles. The summed E-state index contributed by atoms with van der Waals surface area (Å²) in [5.41, 5.74) is 7.57. The molecule has 0 saturated heterocycles. The fraction of sp³-hybridized carbons (Fsp3) is 0.118. The third-order valence-electron chi connectivity index (χ3n) is 3.85. The number of nitrogens with zero attached hydrogens (tertiary/aromatic N) is 3. The molecule has 10 heteroatoms. The fourth-order valence-corrected chi connectivity index (χ4v) is 3.04. The van der Waals surface area contributed by atoms with E-state index in [4.69, 9.17) is 5.53 Å². The summed E-state index contributed by atoms with van der Waals surface area (Å²) in [5, 5.41) is 3.64. The van der Waals surface area contributed by atoms with E-state index in [9.17, 15) is 21.6 Å². The molecule has 0 atom stereocenters. The van der Waals surface area contributed by atoms with Crippen molar-refractivity contribution in [2.45, 2.75) is 18.0 Å². The average molecular weight is 394 g/mol. The van der Waals surface area contributed by atoms with Gasteiger partial charge in [0, 0.05) is 5.56 Å². The average Bonchev–Trinajstić information content (AvgIpc) is 3.08. The van der Waals surface area contributed by atoms with Crippen molar-refractivity contribution in [3.05, 3.63) is 65.9 Å². The highest BCUT2D eigenvalue weighted by Gasteiger charge is 2.35. The van der Waals surface area contributed by atoms with Crippen LogP contribution in [0.4, 0.5) is 13.2 Å². The van der Waals surface area contributed by atoms with Gasteiger partial charge in [-0.1, -0.05) is 34.3 Å². The Morgan fingerprint density at radius 1 is 1.04 bits per heavy atom. The van der Waals surface area contributed by atoms with Crippen LogP contribution in [0.15, 0.2) is 64.0 Å². The molecule has 0 aliphatic rings. The Morgan fingerprint density at radius 2 is 1.63 bits per heavy atom. The van der Waals surface area contributed by atoms with Gasteiger partial charge in [0.15, 0.2) is 5.69 Å². The van der Waals surface area contributed by atoms with Gasteiger partial charge in [0.1, 0.15) is 0 Å². The van der Waals surface area contributed by atoms with E-state index in [1.165, 1.54) is 12.1 Å². The zero-order valence-corrected chi connectivity index (χ0v) is 14.7. The van der Waals surface area contributed by atoms with Gasteiger partial charge in [-0.3, -0.25) is 0 Å². The van der Waals surface area contributed by atoms with E-state index in [-0.39, 0.29) is 16.3 Å². The molecule has 1 N–H and O–H groups in total. The summed E-state index contributed by atoms with van der Waals surface area (Å²) >= 11 is 0. The summed E-state index contributed by atoms with van der Waals surface area (Å²) in [6.07, 6.45) is -4.63. The molecular formula is C17H13F3N4O2S. The number of halogens is 3. The lowest BCUT2D eigenvalue weighted by Crippen LogP contribution is -2.07. The van der Waals surface area contributed by atoms with Crippen LogP contribution in [0, 0.1) is 12.5 Å². The largest absolute Gasteiger partial charge is 0.435 e. The van der Waals surface area contributed by atoms with Gasteiger partial charge < -0.3 is 0 Å². The summed E-state index contributed by atoms with van der Waals surface area (Å²) in [4.78, 5) is -0.235. The lowest BCUT2D eigenvalue weighted by Gasteiger charge is -2.08. The van der Waals surface area contributed by atoms with Crippen molar-refractivity contribution in [1.82, 2.24) is 9.78 Å². The van der Waals surface area contributed by atoms with Gasteiger partial charge in [-0.2, -0.15) is 32.2 Å². The van der Waals surface area contributed by atoms with Crippen LogP contribution in [0.1, 0.15) is 11.3 Å². The predicted molar refractivity (Wildman–Crippen MR) is 91.1 cm³/mol. The predicted octanol–water partition coefficient (Wildman–Crippen LogP) is 4.59. The van der Waals surface area contributed by atoms with E-state index < -0.39 is 21.9 Å². The number of alkyl halides is 3.